The highest BCUT2D eigenvalue weighted by Crippen LogP contribution is 2.24. The summed E-state index contributed by atoms with van der Waals surface area (Å²) in [6.07, 6.45) is 0. The van der Waals surface area contributed by atoms with Gasteiger partial charge in [-0.25, -0.2) is 9.37 Å². The molecule has 0 saturated carbocycles. The van der Waals surface area contributed by atoms with Crippen molar-refractivity contribution in [2.24, 2.45) is 0 Å². The monoisotopic (exact) mass is 299 g/mol. The Labute approximate surface area is 126 Å². The second kappa shape index (κ2) is 5.48. The summed E-state index contributed by atoms with van der Waals surface area (Å²) in [6, 6.07) is 11.3. The molecule has 0 radical (unpaired) electrons. The molecule has 0 aliphatic carbocycles. The predicted octanol–water partition coefficient (Wildman–Crippen LogP) is 2.73. The average molecular weight is 299 g/mol. The van der Waals surface area contributed by atoms with Crippen molar-refractivity contribution in [2.45, 2.75) is 13.5 Å². The molecule has 2 N–H and O–H groups in total. The number of carbonyl (C=O) groups is 1. The van der Waals surface area contributed by atoms with Gasteiger partial charge in [-0.3, -0.25) is 4.79 Å². The topological polar surface area (TPSA) is 70.1 Å². The molecule has 2 aromatic carbocycles. The summed E-state index contributed by atoms with van der Waals surface area (Å²) in [7, 11) is 0. The lowest BCUT2D eigenvalue weighted by atomic mass is 10.2. The number of benzene rings is 2. The number of aromatic nitrogens is 2. The van der Waals surface area contributed by atoms with E-state index < -0.39 is 5.97 Å². The average Bonchev–Trinajstić information content (AvgIpc) is 2.77. The zero-order valence-corrected chi connectivity index (χ0v) is 11.9. The van der Waals surface area contributed by atoms with Crippen LogP contribution >= 0.6 is 0 Å². The van der Waals surface area contributed by atoms with Gasteiger partial charge in [-0.15, -0.1) is 0 Å². The van der Waals surface area contributed by atoms with Gasteiger partial charge in [0.05, 0.1) is 17.6 Å². The van der Waals surface area contributed by atoms with E-state index >= 15 is 0 Å². The Morgan fingerprint density at radius 3 is 2.68 bits per heavy atom. The van der Waals surface area contributed by atoms with Crippen LogP contribution in [0.3, 0.4) is 0 Å². The molecule has 0 saturated heterocycles. The Kier molecular flexibility index (Phi) is 3.50. The summed E-state index contributed by atoms with van der Waals surface area (Å²) >= 11 is 0. The molecule has 0 fully saturated rings. The number of esters is 1. The lowest BCUT2D eigenvalue weighted by molar-refractivity contribution is -0.131. The van der Waals surface area contributed by atoms with Crippen LogP contribution in [0.4, 0.5) is 10.3 Å². The highest BCUT2D eigenvalue weighted by molar-refractivity contribution is 5.81. The summed E-state index contributed by atoms with van der Waals surface area (Å²) in [6.45, 7) is 1.79. The lowest BCUT2D eigenvalue weighted by Crippen LogP contribution is -2.05. The van der Waals surface area contributed by atoms with Crippen molar-refractivity contribution in [1.82, 2.24) is 9.55 Å². The van der Waals surface area contributed by atoms with Gasteiger partial charge < -0.3 is 15.0 Å². The van der Waals surface area contributed by atoms with Gasteiger partial charge in [0.25, 0.3) is 0 Å². The largest absolute Gasteiger partial charge is 0.427 e. The van der Waals surface area contributed by atoms with Crippen LogP contribution in [0.2, 0.25) is 0 Å². The molecule has 0 bridgehead atoms. The molecule has 0 aliphatic rings. The zero-order chi connectivity index (χ0) is 15.7. The summed E-state index contributed by atoms with van der Waals surface area (Å²) in [4.78, 5) is 15.3. The quantitative estimate of drug-likeness (QED) is 0.596. The first kappa shape index (κ1) is 14.1. The molecule has 0 atom stereocenters. The van der Waals surface area contributed by atoms with Crippen molar-refractivity contribution in [1.29, 1.82) is 0 Å². The van der Waals surface area contributed by atoms with E-state index in [2.05, 4.69) is 4.98 Å². The van der Waals surface area contributed by atoms with Crippen molar-refractivity contribution in [3.05, 3.63) is 53.8 Å². The van der Waals surface area contributed by atoms with Gasteiger partial charge in [-0.1, -0.05) is 12.1 Å². The number of fused-ring (bicyclic) bond motifs is 1. The minimum Gasteiger partial charge on any atom is -0.427 e. The molecule has 1 aromatic heterocycles. The van der Waals surface area contributed by atoms with Crippen LogP contribution in [0.5, 0.6) is 5.75 Å². The van der Waals surface area contributed by atoms with Gasteiger partial charge in [0.15, 0.2) is 0 Å². The second-order valence-corrected chi connectivity index (χ2v) is 4.93. The minimum atomic E-state index is -0.392. The van der Waals surface area contributed by atoms with Gasteiger partial charge in [0, 0.05) is 13.0 Å². The number of rotatable bonds is 3. The molecule has 0 amide bonds. The van der Waals surface area contributed by atoms with E-state index in [1.54, 1.807) is 34.9 Å². The van der Waals surface area contributed by atoms with E-state index in [0.29, 0.717) is 23.8 Å². The number of nitrogen functional groups attached to an aromatic ring is 1. The number of hydrogen-bond donors (Lipinski definition) is 1. The first-order valence-corrected chi connectivity index (χ1v) is 6.71. The Morgan fingerprint density at radius 1 is 1.27 bits per heavy atom. The van der Waals surface area contributed by atoms with Crippen LogP contribution in [0.25, 0.3) is 11.0 Å². The third kappa shape index (κ3) is 2.76. The number of anilines is 1. The number of nitrogens with zero attached hydrogens (tertiary/aromatic N) is 2. The van der Waals surface area contributed by atoms with E-state index in [0.717, 1.165) is 11.1 Å². The molecule has 5 nitrogen and oxygen atoms in total. The van der Waals surface area contributed by atoms with E-state index in [9.17, 15) is 9.18 Å². The van der Waals surface area contributed by atoms with E-state index in [1.165, 1.54) is 19.1 Å². The van der Waals surface area contributed by atoms with E-state index in [-0.39, 0.29) is 5.82 Å². The number of carbonyl (C=O) groups excluding carboxylic acids is 1. The van der Waals surface area contributed by atoms with E-state index in [1.807, 2.05) is 0 Å². The highest BCUT2D eigenvalue weighted by Gasteiger charge is 2.10. The molecule has 22 heavy (non-hydrogen) atoms. The zero-order valence-electron chi connectivity index (χ0n) is 11.9. The first-order chi connectivity index (χ1) is 10.5. The summed E-state index contributed by atoms with van der Waals surface area (Å²) in [5.74, 6) is 0.0980. The molecule has 0 aliphatic heterocycles. The van der Waals surface area contributed by atoms with Gasteiger partial charge in [0.1, 0.15) is 11.6 Å². The van der Waals surface area contributed by atoms with Crippen molar-refractivity contribution < 1.29 is 13.9 Å². The van der Waals surface area contributed by atoms with Crippen LogP contribution in [0.15, 0.2) is 42.5 Å². The van der Waals surface area contributed by atoms with Crippen LogP contribution in [-0.4, -0.2) is 15.5 Å². The maximum atomic E-state index is 13.0. The SMILES string of the molecule is CC(=O)Oc1ccc2nc(N)n(Cc3ccc(F)cc3)c2c1. The lowest BCUT2D eigenvalue weighted by Gasteiger charge is -2.07. The normalized spacial score (nSPS) is 10.8. The fraction of sp³-hybridized carbons (Fsp3) is 0.125. The first-order valence-electron chi connectivity index (χ1n) is 6.71. The fourth-order valence-electron chi connectivity index (χ4n) is 2.29. The second-order valence-electron chi connectivity index (χ2n) is 4.93. The van der Waals surface area contributed by atoms with Gasteiger partial charge in [-0.05, 0) is 29.8 Å². The Bertz CT molecular complexity index is 840. The number of nitrogens with two attached hydrogens (primary N) is 1. The summed E-state index contributed by atoms with van der Waals surface area (Å²) in [5, 5.41) is 0. The van der Waals surface area contributed by atoms with Crippen molar-refractivity contribution >= 4 is 23.0 Å². The Morgan fingerprint density at radius 2 is 2.00 bits per heavy atom. The number of halogens is 1. The third-order valence-corrected chi connectivity index (χ3v) is 3.26. The Hall–Kier alpha value is -2.89. The van der Waals surface area contributed by atoms with Crippen molar-refractivity contribution in [3.8, 4) is 5.75 Å². The van der Waals surface area contributed by atoms with Crippen LogP contribution in [0, 0.1) is 5.82 Å². The molecular formula is C16H14FN3O2. The Balaban J connectivity index is 2.01. The number of hydrogen-bond acceptors (Lipinski definition) is 4. The fourth-order valence-corrected chi connectivity index (χ4v) is 2.29. The molecule has 0 unspecified atom stereocenters. The highest BCUT2D eigenvalue weighted by atomic mass is 19.1. The van der Waals surface area contributed by atoms with Crippen molar-refractivity contribution in [3.63, 3.8) is 0 Å². The maximum absolute atomic E-state index is 13.0. The molecule has 6 heteroatoms. The molecule has 3 aromatic rings. The molecular weight excluding hydrogens is 285 g/mol. The minimum absolute atomic E-state index is 0.288. The molecule has 112 valence electrons. The molecule has 0 spiro atoms. The number of imidazole rings is 1. The van der Waals surface area contributed by atoms with Crippen LogP contribution < -0.4 is 10.5 Å². The van der Waals surface area contributed by atoms with Gasteiger partial charge in [-0.2, -0.15) is 0 Å². The smallest absolute Gasteiger partial charge is 0.308 e. The van der Waals surface area contributed by atoms with Crippen molar-refractivity contribution in [2.75, 3.05) is 5.73 Å². The van der Waals surface area contributed by atoms with Gasteiger partial charge in [0.2, 0.25) is 5.95 Å². The third-order valence-electron chi connectivity index (χ3n) is 3.26. The van der Waals surface area contributed by atoms with Crippen LogP contribution in [0.1, 0.15) is 12.5 Å². The summed E-state index contributed by atoms with van der Waals surface area (Å²) in [5.41, 5.74) is 8.30. The van der Waals surface area contributed by atoms with E-state index in [4.69, 9.17) is 10.5 Å². The maximum Gasteiger partial charge on any atom is 0.308 e. The standard InChI is InChI=1S/C16H14FN3O2/c1-10(21)22-13-6-7-14-15(8-13)20(16(18)19-14)9-11-2-4-12(17)5-3-11/h2-8H,9H2,1H3,(H2,18,19). The van der Waals surface area contributed by atoms with Gasteiger partial charge >= 0.3 is 5.97 Å². The molecule has 1 heterocycles. The molecule has 3 rings (SSSR count). The van der Waals surface area contributed by atoms with Crippen LogP contribution in [-0.2, 0) is 11.3 Å². The number of ether oxygens (including phenoxy) is 1. The predicted molar refractivity (Wildman–Crippen MR) is 81.0 cm³/mol. The summed E-state index contributed by atoms with van der Waals surface area (Å²) < 4.78 is 19.8.